The fourth-order valence-electron chi connectivity index (χ4n) is 2.53. The van der Waals surface area contributed by atoms with Crippen LogP contribution in [0.1, 0.15) is 22.9 Å². The standard InChI is InChI=1S/C19H22N2O2S2/c1-4-14-6-5-7-16(8-14)23-9-15(22)10-24-18-17-12(2)13(3)25-19(17)21-11-20-18/h5-8,11,15,22H,4,9-10H2,1-3H3. The molecule has 3 aromatic rings. The van der Waals surface area contributed by atoms with Crippen LogP contribution in [0.25, 0.3) is 10.2 Å². The van der Waals surface area contributed by atoms with Gasteiger partial charge in [0.15, 0.2) is 0 Å². The topological polar surface area (TPSA) is 55.2 Å². The lowest BCUT2D eigenvalue weighted by molar-refractivity contribution is 0.126. The summed E-state index contributed by atoms with van der Waals surface area (Å²) in [6.07, 6.45) is 2.01. The van der Waals surface area contributed by atoms with Crippen molar-refractivity contribution in [3.63, 3.8) is 0 Å². The Labute approximate surface area is 156 Å². The monoisotopic (exact) mass is 374 g/mol. The van der Waals surface area contributed by atoms with Gasteiger partial charge in [0.05, 0.1) is 6.10 Å². The quantitative estimate of drug-likeness (QED) is 0.491. The highest BCUT2D eigenvalue weighted by Gasteiger charge is 2.14. The lowest BCUT2D eigenvalue weighted by atomic mass is 10.2. The third-order valence-corrected chi connectivity index (χ3v) is 6.34. The summed E-state index contributed by atoms with van der Waals surface area (Å²) < 4.78 is 5.72. The second-order valence-electron chi connectivity index (χ2n) is 5.92. The van der Waals surface area contributed by atoms with E-state index in [-0.39, 0.29) is 6.61 Å². The van der Waals surface area contributed by atoms with Crippen molar-refractivity contribution in [1.29, 1.82) is 0 Å². The molecule has 2 aromatic heterocycles. The first kappa shape index (κ1) is 18.2. The van der Waals surface area contributed by atoms with Crippen LogP contribution in [0.2, 0.25) is 0 Å². The average Bonchev–Trinajstić information content (AvgIpc) is 2.93. The van der Waals surface area contributed by atoms with Crippen molar-refractivity contribution >= 4 is 33.3 Å². The molecule has 0 radical (unpaired) electrons. The number of thiophene rings is 1. The zero-order valence-electron chi connectivity index (χ0n) is 14.7. The van der Waals surface area contributed by atoms with E-state index >= 15 is 0 Å². The zero-order valence-corrected chi connectivity index (χ0v) is 16.3. The number of aromatic nitrogens is 2. The third-order valence-electron chi connectivity index (χ3n) is 4.09. The molecule has 132 valence electrons. The van der Waals surface area contributed by atoms with E-state index in [4.69, 9.17) is 4.74 Å². The molecule has 3 rings (SSSR count). The summed E-state index contributed by atoms with van der Waals surface area (Å²) in [4.78, 5) is 11.0. The van der Waals surface area contributed by atoms with Gasteiger partial charge in [-0.15, -0.1) is 23.1 Å². The van der Waals surface area contributed by atoms with E-state index in [0.717, 1.165) is 27.4 Å². The Morgan fingerprint density at radius 2 is 2.12 bits per heavy atom. The minimum absolute atomic E-state index is 0.274. The number of aliphatic hydroxyl groups excluding tert-OH is 1. The molecule has 25 heavy (non-hydrogen) atoms. The van der Waals surface area contributed by atoms with Crippen molar-refractivity contribution in [2.45, 2.75) is 38.3 Å². The van der Waals surface area contributed by atoms with E-state index < -0.39 is 6.10 Å². The molecule has 0 saturated heterocycles. The number of benzene rings is 1. The number of aryl methyl sites for hydroxylation is 3. The molecule has 1 N–H and O–H groups in total. The van der Waals surface area contributed by atoms with Gasteiger partial charge < -0.3 is 9.84 Å². The maximum Gasteiger partial charge on any atom is 0.128 e. The summed E-state index contributed by atoms with van der Waals surface area (Å²) >= 11 is 3.24. The molecule has 0 aliphatic carbocycles. The second-order valence-corrected chi connectivity index (χ2v) is 8.13. The molecule has 0 spiro atoms. The molecule has 2 heterocycles. The smallest absolute Gasteiger partial charge is 0.128 e. The van der Waals surface area contributed by atoms with Crippen LogP contribution >= 0.6 is 23.1 Å². The second kappa shape index (κ2) is 8.17. The van der Waals surface area contributed by atoms with E-state index in [1.807, 2.05) is 18.2 Å². The summed E-state index contributed by atoms with van der Waals surface area (Å²) in [6.45, 7) is 6.59. The maximum absolute atomic E-state index is 10.3. The molecule has 1 unspecified atom stereocenters. The van der Waals surface area contributed by atoms with Crippen molar-refractivity contribution in [2.75, 3.05) is 12.4 Å². The molecular weight excluding hydrogens is 352 g/mol. The van der Waals surface area contributed by atoms with E-state index in [1.165, 1.54) is 16.0 Å². The summed E-state index contributed by atoms with van der Waals surface area (Å²) in [7, 11) is 0. The van der Waals surface area contributed by atoms with Crippen LogP contribution in [-0.2, 0) is 6.42 Å². The summed E-state index contributed by atoms with van der Waals surface area (Å²) in [5.74, 6) is 1.34. The van der Waals surface area contributed by atoms with Crippen LogP contribution in [0.3, 0.4) is 0 Å². The lowest BCUT2D eigenvalue weighted by Crippen LogP contribution is -2.20. The Hall–Kier alpha value is -1.63. The number of hydrogen-bond donors (Lipinski definition) is 1. The van der Waals surface area contributed by atoms with Gasteiger partial charge >= 0.3 is 0 Å². The van der Waals surface area contributed by atoms with Crippen molar-refractivity contribution in [2.24, 2.45) is 0 Å². The number of fused-ring (bicyclic) bond motifs is 1. The van der Waals surface area contributed by atoms with Gasteiger partial charge in [0.2, 0.25) is 0 Å². The Balaban J connectivity index is 1.60. The van der Waals surface area contributed by atoms with Gasteiger partial charge in [-0.05, 0) is 43.5 Å². The van der Waals surface area contributed by atoms with Crippen molar-refractivity contribution in [3.05, 3.63) is 46.6 Å². The van der Waals surface area contributed by atoms with Gasteiger partial charge in [-0.2, -0.15) is 0 Å². The third kappa shape index (κ3) is 4.32. The van der Waals surface area contributed by atoms with E-state index in [9.17, 15) is 5.11 Å². The van der Waals surface area contributed by atoms with Crippen molar-refractivity contribution in [3.8, 4) is 5.75 Å². The van der Waals surface area contributed by atoms with Gasteiger partial charge in [0.1, 0.15) is 28.5 Å². The van der Waals surface area contributed by atoms with Gasteiger partial charge in [0, 0.05) is 16.0 Å². The SMILES string of the molecule is CCc1cccc(OCC(O)CSc2ncnc3sc(C)c(C)c23)c1. The Morgan fingerprint density at radius 1 is 1.28 bits per heavy atom. The predicted molar refractivity (Wildman–Crippen MR) is 105 cm³/mol. The van der Waals surface area contributed by atoms with E-state index in [0.29, 0.717) is 5.75 Å². The molecule has 0 fully saturated rings. The summed E-state index contributed by atoms with van der Waals surface area (Å²) in [5.41, 5.74) is 2.46. The fourth-order valence-corrected chi connectivity index (χ4v) is 4.55. The Bertz CT molecular complexity index is 864. The molecule has 0 saturated carbocycles. The molecule has 0 aliphatic heterocycles. The number of nitrogens with zero attached hydrogens (tertiary/aromatic N) is 2. The Kier molecular flexibility index (Phi) is 5.93. The van der Waals surface area contributed by atoms with Crippen molar-refractivity contribution in [1.82, 2.24) is 9.97 Å². The van der Waals surface area contributed by atoms with Gasteiger partial charge in [-0.25, -0.2) is 9.97 Å². The molecule has 1 aromatic carbocycles. The first-order chi connectivity index (χ1) is 12.1. The van der Waals surface area contributed by atoms with Gasteiger partial charge in [-0.3, -0.25) is 0 Å². The number of aliphatic hydroxyl groups is 1. The van der Waals surface area contributed by atoms with Crippen LogP contribution in [0.5, 0.6) is 5.75 Å². The van der Waals surface area contributed by atoms with Crippen LogP contribution in [0, 0.1) is 13.8 Å². The highest BCUT2D eigenvalue weighted by atomic mass is 32.2. The largest absolute Gasteiger partial charge is 0.491 e. The van der Waals surface area contributed by atoms with Crippen LogP contribution in [0.15, 0.2) is 35.6 Å². The minimum atomic E-state index is -0.555. The van der Waals surface area contributed by atoms with Crippen LogP contribution in [0.4, 0.5) is 0 Å². The molecule has 6 heteroatoms. The molecular formula is C19H22N2O2S2. The van der Waals surface area contributed by atoms with E-state index in [1.54, 1.807) is 29.4 Å². The first-order valence-electron chi connectivity index (χ1n) is 8.31. The Morgan fingerprint density at radius 3 is 2.92 bits per heavy atom. The highest BCUT2D eigenvalue weighted by Crippen LogP contribution is 2.34. The number of rotatable bonds is 7. The predicted octanol–water partition coefficient (Wildman–Crippen LogP) is 4.40. The van der Waals surface area contributed by atoms with Crippen molar-refractivity contribution < 1.29 is 9.84 Å². The highest BCUT2D eigenvalue weighted by molar-refractivity contribution is 7.99. The van der Waals surface area contributed by atoms with Gasteiger partial charge in [0.25, 0.3) is 0 Å². The average molecular weight is 375 g/mol. The molecule has 1 atom stereocenters. The number of hydrogen-bond acceptors (Lipinski definition) is 6. The van der Waals surface area contributed by atoms with Crippen LogP contribution < -0.4 is 4.74 Å². The minimum Gasteiger partial charge on any atom is -0.491 e. The summed E-state index contributed by atoms with van der Waals surface area (Å²) in [6, 6.07) is 8.00. The normalized spacial score (nSPS) is 12.5. The van der Waals surface area contributed by atoms with E-state index in [2.05, 4.69) is 36.8 Å². The molecule has 0 amide bonds. The molecule has 4 nitrogen and oxygen atoms in total. The molecule has 0 aliphatic rings. The maximum atomic E-state index is 10.3. The zero-order chi connectivity index (χ0) is 17.8. The molecule has 0 bridgehead atoms. The van der Waals surface area contributed by atoms with Gasteiger partial charge in [-0.1, -0.05) is 19.1 Å². The fraction of sp³-hybridized carbons (Fsp3) is 0.368. The number of ether oxygens (including phenoxy) is 1. The first-order valence-corrected chi connectivity index (χ1v) is 10.1. The lowest BCUT2D eigenvalue weighted by Gasteiger charge is -2.13. The van der Waals surface area contributed by atoms with Crippen LogP contribution in [-0.4, -0.2) is 33.5 Å². The summed E-state index contributed by atoms with van der Waals surface area (Å²) in [5, 5.41) is 12.3. The number of thioether (sulfide) groups is 1.